The van der Waals surface area contributed by atoms with Crippen LogP contribution in [-0.2, 0) is 0 Å². The van der Waals surface area contributed by atoms with Gasteiger partial charge in [0.1, 0.15) is 16.3 Å². The average Bonchev–Trinajstić information content (AvgIpc) is 2.99. The van der Waals surface area contributed by atoms with Gasteiger partial charge in [-0.1, -0.05) is 42.5 Å². The maximum atomic E-state index is 12.3. The fraction of sp³-hybridized carbons (Fsp3) is 0.111. The molecule has 1 unspecified atom stereocenters. The number of nitrogens with two attached hydrogens (primary N) is 1. The molecule has 0 bridgehead atoms. The molecule has 0 fully saturated rings. The lowest BCUT2D eigenvalue weighted by atomic mass is 10.1. The van der Waals surface area contributed by atoms with Gasteiger partial charge in [-0.3, -0.25) is 4.79 Å². The molecular formula is C18H16N2O2S. The number of hydrogen-bond donors (Lipinski definition) is 2. The Morgan fingerprint density at radius 1 is 1.13 bits per heavy atom. The quantitative estimate of drug-likeness (QED) is 0.720. The van der Waals surface area contributed by atoms with Crippen molar-refractivity contribution in [3.8, 4) is 0 Å². The molecule has 0 radical (unpaired) electrons. The van der Waals surface area contributed by atoms with Gasteiger partial charge in [-0.05, 0) is 31.2 Å². The Kier molecular flexibility index (Phi) is 4.12. The zero-order chi connectivity index (χ0) is 16.4. The van der Waals surface area contributed by atoms with E-state index < -0.39 is 0 Å². The standard InChI is InChI=1S/C18H16N2O2S/c1-11(16-10-14-4-2-3-5-15(14)22-16)20-18(21)13-8-6-12(7-9-13)17(19)23/h2-11H,1H3,(H2,19,23)(H,20,21). The van der Waals surface area contributed by atoms with E-state index in [1.54, 1.807) is 24.3 Å². The van der Waals surface area contributed by atoms with Crippen LogP contribution in [0.2, 0.25) is 0 Å². The van der Waals surface area contributed by atoms with Crippen molar-refractivity contribution in [3.05, 3.63) is 71.5 Å². The number of para-hydroxylation sites is 1. The van der Waals surface area contributed by atoms with E-state index in [1.807, 2.05) is 37.3 Å². The maximum Gasteiger partial charge on any atom is 0.251 e. The number of nitrogens with one attached hydrogen (secondary N) is 1. The van der Waals surface area contributed by atoms with Crippen LogP contribution in [0.5, 0.6) is 0 Å². The van der Waals surface area contributed by atoms with E-state index in [4.69, 9.17) is 22.4 Å². The number of thiocarbonyl (C=S) groups is 1. The van der Waals surface area contributed by atoms with Gasteiger partial charge in [-0.2, -0.15) is 0 Å². The molecule has 0 spiro atoms. The SMILES string of the molecule is CC(NC(=O)c1ccc(C(N)=S)cc1)c1cc2ccccc2o1. The summed E-state index contributed by atoms with van der Waals surface area (Å²) in [4.78, 5) is 12.6. The van der Waals surface area contributed by atoms with Gasteiger partial charge in [-0.25, -0.2) is 0 Å². The largest absolute Gasteiger partial charge is 0.459 e. The normalized spacial score (nSPS) is 12.0. The van der Waals surface area contributed by atoms with Crippen molar-refractivity contribution in [2.24, 2.45) is 5.73 Å². The van der Waals surface area contributed by atoms with E-state index in [1.165, 1.54) is 0 Å². The molecule has 2 aromatic carbocycles. The third kappa shape index (κ3) is 3.24. The van der Waals surface area contributed by atoms with Crippen LogP contribution in [-0.4, -0.2) is 10.9 Å². The molecule has 0 aliphatic carbocycles. The Balaban J connectivity index is 1.74. The van der Waals surface area contributed by atoms with Crippen molar-refractivity contribution in [2.75, 3.05) is 0 Å². The minimum atomic E-state index is -0.231. The Bertz CT molecular complexity index is 835. The molecule has 3 N–H and O–H groups in total. The van der Waals surface area contributed by atoms with Crippen molar-refractivity contribution in [1.82, 2.24) is 5.32 Å². The molecule has 0 saturated heterocycles. The van der Waals surface area contributed by atoms with Crippen molar-refractivity contribution >= 4 is 34.1 Å². The summed E-state index contributed by atoms with van der Waals surface area (Å²) in [5, 5.41) is 3.94. The minimum Gasteiger partial charge on any atom is -0.459 e. The summed E-state index contributed by atoms with van der Waals surface area (Å²) in [5.41, 5.74) is 7.65. The Morgan fingerprint density at radius 3 is 2.43 bits per heavy atom. The van der Waals surface area contributed by atoms with E-state index in [-0.39, 0.29) is 11.9 Å². The molecule has 1 atom stereocenters. The van der Waals surface area contributed by atoms with Gasteiger partial charge in [0.25, 0.3) is 5.91 Å². The number of amides is 1. The maximum absolute atomic E-state index is 12.3. The molecule has 0 aliphatic heterocycles. The summed E-state index contributed by atoms with van der Waals surface area (Å²) in [6.07, 6.45) is 0. The summed E-state index contributed by atoms with van der Waals surface area (Å²) in [6.45, 7) is 1.89. The highest BCUT2D eigenvalue weighted by Crippen LogP contribution is 2.23. The van der Waals surface area contributed by atoms with Crippen LogP contribution in [0.3, 0.4) is 0 Å². The molecule has 116 valence electrons. The lowest BCUT2D eigenvalue weighted by Gasteiger charge is -2.11. The Morgan fingerprint density at radius 2 is 1.78 bits per heavy atom. The Labute approximate surface area is 139 Å². The first-order valence-electron chi connectivity index (χ1n) is 7.24. The number of benzene rings is 2. The van der Waals surface area contributed by atoms with Gasteiger partial charge in [-0.15, -0.1) is 0 Å². The average molecular weight is 324 g/mol. The molecule has 1 aromatic heterocycles. The summed E-state index contributed by atoms with van der Waals surface area (Å²) < 4.78 is 5.77. The molecule has 4 nitrogen and oxygen atoms in total. The molecule has 23 heavy (non-hydrogen) atoms. The highest BCUT2D eigenvalue weighted by Gasteiger charge is 2.15. The first-order chi connectivity index (χ1) is 11.0. The van der Waals surface area contributed by atoms with Crippen molar-refractivity contribution in [1.29, 1.82) is 0 Å². The van der Waals surface area contributed by atoms with Crippen LogP contribution < -0.4 is 11.1 Å². The third-order valence-electron chi connectivity index (χ3n) is 3.65. The van der Waals surface area contributed by atoms with Crippen molar-refractivity contribution in [2.45, 2.75) is 13.0 Å². The number of rotatable bonds is 4. The first kappa shape index (κ1) is 15.2. The zero-order valence-electron chi connectivity index (χ0n) is 12.6. The van der Waals surface area contributed by atoms with Gasteiger partial charge in [0.05, 0.1) is 6.04 Å². The Hall–Kier alpha value is -2.66. The summed E-state index contributed by atoms with van der Waals surface area (Å²) >= 11 is 4.90. The molecule has 3 rings (SSSR count). The monoisotopic (exact) mass is 324 g/mol. The highest BCUT2D eigenvalue weighted by atomic mass is 32.1. The summed E-state index contributed by atoms with van der Waals surface area (Å²) in [7, 11) is 0. The molecule has 5 heteroatoms. The summed E-state index contributed by atoms with van der Waals surface area (Å²) in [6, 6.07) is 16.3. The molecule has 3 aromatic rings. The minimum absolute atomic E-state index is 0.174. The number of furan rings is 1. The van der Waals surface area contributed by atoms with Gasteiger partial charge >= 0.3 is 0 Å². The van der Waals surface area contributed by atoms with Crippen molar-refractivity contribution < 1.29 is 9.21 Å². The zero-order valence-corrected chi connectivity index (χ0v) is 13.4. The second kappa shape index (κ2) is 6.22. The van der Waals surface area contributed by atoms with E-state index in [9.17, 15) is 4.79 Å². The van der Waals surface area contributed by atoms with Gasteiger partial charge < -0.3 is 15.5 Å². The third-order valence-corrected chi connectivity index (χ3v) is 3.89. The van der Waals surface area contributed by atoms with Gasteiger partial charge in [0.15, 0.2) is 0 Å². The van der Waals surface area contributed by atoms with Crippen LogP contribution in [0.1, 0.15) is 34.6 Å². The molecule has 0 aliphatic rings. The fourth-order valence-electron chi connectivity index (χ4n) is 2.35. The van der Waals surface area contributed by atoms with E-state index in [2.05, 4.69) is 5.32 Å². The lowest BCUT2D eigenvalue weighted by Crippen LogP contribution is -2.26. The smallest absolute Gasteiger partial charge is 0.251 e. The number of carbonyl (C=O) groups excluding carboxylic acids is 1. The van der Waals surface area contributed by atoms with Crippen LogP contribution in [0.4, 0.5) is 0 Å². The van der Waals surface area contributed by atoms with Crippen molar-refractivity contribution in [3.63, 3.8) is 0 Å². The van der Waals surface area contributed by atoms with E-state index in [0.717, 1.165) is 22.3 Å². The second-order valence-electron chi connectivity index (χ2n) is 5.32. The molecular weight excluding hydrogens is 308 g/mol. The number of carbonyl (C=O) groups is 1. The van der Waals surface area contributed by atoms with Crippen LogP contribution in [0.25, 0.3) is 11.0 Å². The highest BCUT2D eigenvalue weighted by molar-refractivity contribution is 7.80. The van der Waals surface area contributed by atoms with Crippen LogP contribution >= 0.6 is 12.2 Å². The summed E-state index contributed by atoms with van der Waals surface area (Å²) in [5.74, 6) is 0.548. The predicted octanol–water partition coefficient (Wildman–Crippen LogP) is 3.56. The predicted molar refractivity (Wildman–Crippen MR) is 94.4 cm³/mol. The molecule has 1 amide bonds. The second-order valence-corrected chi connectivity index (χ2v) is 5.76. The number of fused-ring (bicyclic) bond motifs is 1. The van der Waals surface area contributed by atoms with E-state index in [0.29, 0.717) is 10.6 Å². The first-order valence-corrected chi connectivity index (χ1v) is 7.64. The molecule has 0 saturated carbocycles. The van der Waals surface area contributed by atoms with E-state index >= 15 is 0 Å². The molecule has 1 heterocycles. The van der Waals surface area contributed by atoms with Gasteiger partial charge in [0, 0.05) is 16.5 Å². The van der Waals surface area contributed by atoms with Crippen LogP contribution in [0, 0.1) is 0 Å². The van der Waals surface area contributed by atoms with Crippen LogP contribution in [0.15, 0.2) is 59.0 Å². The van der Waals surface area contributed by atoms with Gasteiger partial charge in [0.2, 0.25) is 0 Å². The fourth-order valence-corrected chi connectivity index (χ4v) is 2.49. The topological polar surface area (TPSA) is 68.3 Å². The lowest BCUT2D eigenvalue weighted by molar-refractivity contribution is 0.0935. The number of hydrogen-bond acceptors (Lipinski definition) is 3.